The number of amides is 2. The summed E-state index contributed by atoms with van der Waals surface area (Å²) in [5.74, 6) is -0.527. The third kappa shape index (κ3) is 3.21. The molecule has 0 aliphatic carbocycles. The number of H-pyrrole nitrogens is 1. The fourth-order valence-electron chi connectivity index (χ4n) is 1.31. The number of benzene rings is 1. The molecule has 3 N–H and O–H groups in total. The van der Waals surface area contributed by atoms with Crippen molar-refractivity contribution in [2.24, 2.45) is 0 Å². The molecule has 1 aromatic heterocycles. The maximum absolute atomic E-state index is 12.9. The van der Waals surface area contributed by atoms with Crippen LogP contribution in [0.15, 0.2) is 30.6 Å². The van der Waals surface area contributed by atoms with E-state index in [4.69, 9.17) is 11.6 Å². The molecule has 94 valence electrons. The first-order valence-electron chi connectivity index (χ1n) is 5.13. The fourth-order valence-corrected chi connectivity index (χ4v) is 1.49. The second kappa shape index (κ2) is 5.50. The molecule has 0 saturated heterocycles. The molecular formula is C11H10ClFN4O. The first-order valence-corrected chi connectivity index (χ1v) is 5.50. The molecule has 1 aromatic carbocycles. The van der Waals surface area contributed by atoms with Gasteiger partial charge in [-0.25, -0.2) is 9.18 Å². The van der Waals surface area contributed by atoms with Gasteiger partial charge in [-0.15, -0.1) is 0 Å². The van der Waals surface area contributed by atoms with Crippen molar-refractivity contribution >= 4 is 23.3 Å². The summed E-state index contributed by atoms with van der Waals surface area (Å²) in [6, 6.07) is 3.56. The van der Waals surface area contributed by atoms with Gasteiger partial charge in [-0.1, -0.05) is 11.6 Å². The fraction of sp³-hybridized carbons (Fsp3) is 0.0909. The van der Waals surface area contributed by atoms with Crippen molar-refractivity contribution in [3.8, 4) is 0 Å². The summed E-state index contributed by atoms with van der Waals surface area (Å²) in [4.78, 5) is 11.5. The topological polar surface area (TPSA) is 69.8 Å². The summed E-state index contributed by atoms with van der Waals surface area (Å²) in [7, 11) is 0. The van der Waals surface area contributed by atoms with Crippen molar-refractivity contribution in [2.45, 2.75) is 6.54 Å². The number of urea groups is 1. The van der Waals surface area contributed by atoms with E-state index in [0.717, 1.165) is 5.56 Å². The second-order valence-electron chi connectivity index (χ2n) is 3.54. The summed E-state index contributed by atoms with van der Waals surface area (Å²) in [6.07, 6.45) is 3.28. The van der Waals surface area contributed by atoms with Crippen LogP contribution in [-0.2, 0) is 6.54 Å². The van der Waals surface area contributed by atoms with Crippen LogP contribution in [0.25, 0.3) is 0 Å². The van der Waals surface area contributed by atoms with E-state index in [1.807, 2.05) is 0 Å². The summed E-state index contributed by atoms with van der Waals surface area (Å²) >= 11 is 5.60. The summed E-state index contributed by atoms with van der Waals surface area (Å²) in [6.45, 7) is 0.345. The molecule has 2 amide bonds. The van der Waals surface area contributed by atoms with E-state index in [9.17, 15) is 9.18 Å². The predicted octanol–water partition coefficient (Wildman–Crippen LogP) is 2.52. The Bertz CT molecular complexity index is 544. The first-order chi connectivity index (χ1) is 8.65. The molecule has 5 nitrogen and oxygen atoms in total. The molecule has 0 bridgehead atoms. The number of carbonyl (C=O) groups excluding carboxylic acids is 1. The molecule has 0 aliphatic rings. The highest BCUT2D eigenvalue weighted by Gasteiger charge is 2.05. The molecule has 2 rings (SSSR count). The lowest BCUT2D eigenvalue weighted by Gasteiger charge is -2.07. The number of aromatic amines is 1. The van der Waals surface area contributed by atoms with Gasteiger partial charge in [0.05, 0.1) is 11.2 Å². The first kappa shape index (κ1) is 12.4. The maximum atomic E-state index is 12.9. The lowest BCUT2D eigenvalue weighted by molar-refractivity contribution is 0.251. The van der Waals surface area contributed by atoms with Crippen LogP contribution in [0.5, 0.6) is 0 Å². The van der Waals surface area contributed by atoms with Crippen LogP contribution >= 0.6 is 11.6 Å². The summed E-state index contributed by atoms with van der Waals surface area (Å²) in [5, 5.41) is 11.5. The van der Waals surface area contributed by atoms with Gasteiger partial charge in [0.25, 0.3) is 0 Å². The number of hydrogen-bond acceptors (Lipinski definition) is 2. The number of rotatable bonds is 3. The molecule has 0 unspecified atom stereocenters. The van der Waals surface area contributed by atoms with Gasteiger partial charge in [-0.3, -0.25) is 5.10 Å². The van der Waals surface area contributed by atoms with E-state index in [2.05, 4.69) is 20.8 Å². The molecular weight excluding hydrogens is 259 g/mol. The van der Waals surface area contributed by atoms with Gasteiger partial charge in [0.15, 0.2) is 0 Å². The maximum Gasteiger partial charge on any atom is 0.319 e. The van der Waals surface area contributed by atoms with Gasteiger partial charge in [-0.05, 0) is 18.2 Å². The van der Waals surface area contributed by atoms with Crippen LogP contribution in [0.4, 0.5) is 14.9 Å². The van der Waals surface area contributed by atoms with Crippen LogP contribution in [0, 0.1) is 5.82 Å². The van der Waals surface area contributed by atoms with Crippen LogP contribution in [-0.4, -0.2) is 16.2 Å². The summed E-state index contributed by atoms with van der Waals surface area (Å²) < 4.78 is 12.9. The number of nitrogens with one attached hydrogen (secondary N) is 3. The third-order valence-corrected chi connectivity index (χ3v) is 2.48. The Morgan fingerprint density at radius 1 is 1.50 bits per heavy atom. The minimum Gasteiger partial charge on any atom is -0.334 e. The number of hydrogen-bond donors (Lipinski definition) is 3. The molecule has 1 heterocycles. The number of carbonyl (C=O) groups is 1. The Hall–Kier alpha value is -2.08. The van der Waals surface area contributed by atoms with Crippen molar-refractivity contribution in [1.29, 1.82) is 0 Å². The Morgan fingerprint density at radius 2 is 2.33 bits per heavy atom. The van der Waals surface area contributed by atoms with E-state index in [1.165, 1.54) is 18.2 Å². The molecule has 0 fully saturated rings. The average Bonchev–Trinajstić information content (AvgIpc) is 2.84. The van der Waals surface area contributed by atoms with Crippen LogP contribution in [0.3, 0.4) is 0 Å². The number of aromatic nitrogens is 2. The Morgan fingerprint density at radius 3 is 3.00 bits per heavy atom. The smallest absolute Gasteiger partial charge is 0.319 e. The monoisotopic (exact) mass is 268 g/mol. The van der Waals surface area contributed by atoms with Crippen LogP contribution in [0.2, 0.25) is 5.02 Å². The second-order valence-corrected chi connectivity index (χ2v) is 3.95. The summed E-state index contributed by atoms with van der Waals surface area (Å²) in [5.41, 5.74) is 1.27. The zero-order valence-corrected chi connectivity index (χ0v) is 9.96. The molecule has 7 heteroatoms. The van der Waals surface area contributed by atoms with Crippen LogP contribution in [0.1, 0.15) is 5.56 Å². The molecule has 0 atom stereocenters. The minimum absolute atomic E-state index is 0.0392. The van der Waals surface area contributed by atoms with Crippen molar-refractivity contribution in [3.63, 3.8) is 0 Å². The van der Waals surface area contributed by atoms with Crippen molar-refractivity contribution in [3.05, 3.63) is 47.0 Å². The number of anilines is 1. The number of nitrogens with zero attached hydrogens (tertiary/aromatic N) is 1. The normalized spacial score (nSPS) is 10.1. The van der Waals surface area contributed by atoms with Gasteiger partial charge in [0.2, 0.25) is 0 Å². The highest BCUT2D eigenvalue weighted by molar-refractivity contribution is 6.31. The molecule has 0 aliphatic heterocycles. The minimum atomic E-state index is -0.527. The van der Waals surface area contributed by atoms with E-state index in [0.29, 0.717) is 12.2 Å². The average molecular weight is 269 g/mol. The zero-order valence-electron chi connectivity index (χ0n) is 9.21. The van der Waals surface area contributed by atoms with E-state index >= 15 is 0 Å². The predicted molar refractivity (Wildman–Crippen MR) is 65.9 cm³/mol. The van der Waals surface area contributed by atoms with Crippen molar-refractivity contribution in [2.75, 3.05) is 5.32 Å². The van der Waals surface area contributed by atoms with Gasteiger partial charge in [0.1, 0.15) is 5.82 Å². The van der Waals surface area contributed by atoms with Crippen molar-refractivity contribution in [1.82, 2.24) is 15.5 Å². The third-order valence-electron chi connectivity index (χ3n) is 2.19. The van der Waals surface area contributed by atoms with Gasteiger partial charge < -0.3 is 10.6 Å². The highest BCUT2D eigenvalue weighted by atomic mass is 35.5. The molecule has 18 heavy (non-hydrogen) atoms. The SMILES string of the molecule is O=C(NCc1cn[nH]c1)Nc1ccc(F)c(Cl)c1. The van der Waals surface area contributed by atoms with E-state index in [1.54, 1.807) is 12.4 Å². The van der Waals surface area contributed by atoms with E-state index < -0.39 is 11.8 Å². The molecule has 2 aromatic rings. The Balaban J connectivity index is 1.88. The number of halogens is 2. The Labute approximate surface area is 107 Å². The molecule has 0 radical (unpaired) electrons. The highest BCUT2D eigenvalue weighted by Crippen LogP contribution is 2.19. The largest absolute Gasteiger partial charge is 0.334 e. The van der Waals surface area contributed by atoms with Gasteiger partial charge in [0, 0.05) is 24.0 Å². The van der Waals surface area contributed by atoms with Gasteiger partial charge >= 0.3 is 6.03 Å². The lowest BCUT2D eigenvalue weighted by atomic mass is 10.3. The van der Waals surface area contributed by atoms with Gasteiger partial charge in [-0.2, -0.15) is 5.10 Å². The van der Waals surface area contributed by atoms with Crippen molar-refractivity contribution < 1.29 is 9.18 Å². The standard InChI is InChI=1S/C11H10ClFN4O/c12-9-3-8(1-2-10(9)13)17-11(18)14-4-7-5-15-16-6-7/h1-3,5-6H,4H2,(H,15,16)(H2,14,17,18). The molecule has 0 saturated carbocycles. The van der Waals surface area contributed by atoms with E-state index in [-0.39, 0.29) is 5.02 Å². The zero-order chi connectivity index (χ0) is 13.0. The Kier molecular flexibility index (Phi) is 3.78. The molecule has 0 spiro atoms. The van der Waals surface area contributed by atoms with Crippen LogP contribution < -0.4 is 10.6 Å². The quantitative estimate of drug-likeness (QED) is 0.800. The lowest BCUT2D eigenvalue weighted by Crippen LogP contribution is -2.28.